The molecule has 0 saturated carbocycles. The summed E-state index contributed by atoms with van der Waals surface area (Å²) in [6, 6.07) is 3.96. The zero-order valence-electron chi connectivity index (χ0n) is 8.87. The van der Waals surface area contributed by atoms with Gasteiger partial charge in [0.05, 0.1) is 17.5 Å². The second-order valence-electron chi connectivity index (χ2n) is 3.29. The van der Waals surface area contributed by atoms with Gasteiger partial charge in [-0.1, -0.05) is 6.07 Å². The van der Waals surface area contributed by atoms with Crippen LogP contribution in [-0.4, -0.2) is 12.6 Å². The lowest BCUT2D eigenvalue weighted by Gasteiger charge is -2.11. The third kappa shape index (κ3) is 3.57. The molecule has 0 unspecified atom stereocenters. The Bertz CT molecular complexity index is 384. The Labute approximate surface area is 102 Å². The summed E-state index contributed by atoms with van der Waals surface area (Å²) in [6.07, 6.45) is 0.0892. The molecule has 0 radical (unpaired) electrons. The molecule has 88 valence electrons. The van der Waals surface area contributed by atoms with Gasteiger partial charge >= 0.3 is 5.97 Å². The van der Waals surface area contributed by atoms with Gasteiger partial charge in [0.2, 0.25) is 0 Å². The van der Waals surface area contributed by atoms with Crippen molar-refractivity contribution in [1.82, 2.24) is 0 Å². The fraction of sp³-hybridized carbons (Fsp3) is 0.364. The molecule has 1 aromatic carbocycles. The summed E-state index contributed by atoms with van der Waals surface area (Å²) >= 11 is 3.06. The maximum Gasteiger partial charge on any atom is 0.307 e. The molecule has 0 aliphatic heterocycles. The smallest absolute Gasteiger partial charge is 0.307 e. The largest absolute Gasteiger partial charge is 0.466 e. The van der Waals surface area contributed by atoms with E-state index in [0.29, 0.717) is 16.6 Å². The van der Waals surface area contributed by atoms with Gasteiger partial charge in [-0.2, -0.15) is 0 Å². The van der Waals surface area contributed by atoms with E-state index in [0.717, 1.165) is 0 Å². The molecule has 0 fully saturated rings. The summed E-state index contributed by atoms with van der Waals surface area (Å²) in [5.74, 6) is -0.706. The number of nitrogens with two attached hydrogens (primary N) is 1. The predicted octanol–water partition coefficient (Wildman–Crippen LogP) is 2.54. The number of hydrogen-bond donors (Lipinski definition) is 1. The van der Waals surface area contributed by atoms with Crippen LogP contribution in [0.25, 0.3) is 0 Å². The number of rotatable bonds is 4. The summed E-state index contributed by atoms with van der Waals surface area (Å²) in [6.45, 7) is 2.07. The highest BCUT2D eigenvalue weighted by Gasteiger charge is 2.13. The van der Waals surface area contributed by atoms with Crippen molar-refractivity contribution in [1.29, 1.82) is 0 Å². The van der Waals surface area contributed by atoms with E-state index in [4.69, 9.17) is 10.5 Å². The van der Waals surface area contributed by atoms with Gasteiger partial charge in [-0.15, -0.1) is 0 Å². The molecule has 5 heteroatoms. The van der Waals surface area contributed by atoms with Gasteiger partial charge in [0, 0.05) is 6.04 Å². The van der Waals surface area contributed by atoms with Crippen LogP contribution in [-0.2, 0) is 9.53 Å². The lowest BCUT2D eigenvalue weighted by molar-refractivity contribution is -0.143. The number of esters is 1. The average Bonchev–Trinajstić information content (AvgIpc) is 2.22. The van der Waals surface area contributed by atoms with Gasteiger partial charge < -0.3 is 10.5 Å². The van der Waals surface area contributed by atoms with Crippen molar-refractivity contribution in [2.24, 2.45) is 5.73 Å². The van der Waals surface area contributed by atoms with Gasteiger partial charge in [0.25, 0.3) is 0 Å². The highest BCUT2D eigenvalue weighted by atomic mass is 79.9. The molecule has 0 amide bonds. The minimum Gasteiger partial charge on any atom is -0.466 e. The van der Waals surface area contributed by atoms with Crippen LogP contribution in [0.4, 0.5) is 4.39 Å². The lowest BCUT2D eigenvalue weighted by atomic mass is 10.1. The molecule has 0 saturated heterocycles. The molecule has 0 aromatic heterocycles. The van der Waals surface area contributed by atoms with Crippen LogP contribution < -0.4 is 5.73 Å². The summed E-state index contributed by atoms with van der Waals surface area (Å²) in [4.78, 5) is 11.2. The van der Waals surface area contributed by atoms with Crippen LogP contribution in [0.5, 0.6) is 0 Å². The fourth-order valence-electron chi connectivity index (χ4n) is 1.26. The Kier molecular flexibility index (Phi) is 4.89. The molecule has 0 bridgehead atoms. The lowest BCUT2D eigenvalue weighted by Crippen LogP contribution is -2.17. The van der Waals surface area contributed by atoms with Crippen LogP contribution in [0.1, 0.15) is 24.9 Å². The van der Waals surface area contributed by atoms with Gasteiger partial charge in [-0.05, 0) is 40.5 Å². The molecular formula is C11H13BrFNO2. The first-order valence-corrected chi connectivity index (χ1v) is 5.70. The second kappa shape index (κ2) is 5.96. The van der Waals surface area contributed by atoms with Crippen molar-refractivity contribution >= 4 is 21.9 Å². The maximum atomic E-state index is 13.0. The summed E-state index contributed by atoms with van der Waals surface area (Å²) in [5.41, 5.74) is 6.50. The van der Waals surface area contributed by atoms with Crippen LogP contribution in [0.2, 0.25) is 0 Å². The van der Waals surface area contributed by atoms with Crippen LogP contribution in [0.15, 0.2) is 22.7 Å². The SMILES string of the molecule is CCOC(=O)C[C@H](N)c1ccc(F)c(Br)c1. The molecule has 3 nitrogen and oxygen atoms in total. The van der Waals surface area contributed by atoms with E-state index in [9.17, 15) is 9.18 Å². The van der Waals surface area contributed by atoms with E-state index < -0.39 is 6.04 Å². The van der Waals surface area contributed by atoms with E-state index in [2.05, 4.69) is 15.9 Å². The first-order chi connectivity index (χ1) is 7.54. The molecule has 1 rings (SSSR count). The second-order valence-corrected chi connectivity index (χ2v) is 4.14. The monoisotopic (exact) mass is 289 g/mol. The first kappa shape index (κ1) is 13.1. The zero-order valence-corrected chi connectivity index (χ0v) is 10.5. The number of benzene rings is 1. The fourth-order valence-corrected chi connectivity index (χ4v) is 1.66. The van der Waals surface area contributed by atoms with Crippen molar-refractivity contribution in [2.75, 3.05) is 6.61 Å². The Balaban J connectivity index is 2.69. The zero-order chi connectivity index (χ0) is 12.1. The van der Waals surface area contributed by atoms with Crippen molar-refractivity contribution in [3.05, 3.63) is 34.1 Å². The maximum absolute atomic E-state index is 13.0. The molecule has 0 spiro atoms. The number of carbonyl (C=O) groups is 1. The van der Waals surface area contributed by atoms with Gasteiger partial charge in [0.1, 0.15) is 5.82 Å². The average molecular weight is 290 g/mol. The molecule has 0 aliphatic carbocycles. The minimum atomic E-state index is -0.476. The first-order valence-electron chi connectivity index (χ1n) is 4.90. The number of hydrogen-bond acceptors (Lipinski definition) is 3. The third-order valence-electron chi connectivity index (χ3n) is 2.06. The van der Waals surface area contributed by atoms with Crippen molar-refractivity contribution in [3.8, 4) is 0 Å². The van der Waals surface area contributed by atoms with Crippen LogP contribution in [0, 0.1) is 5.82 Å². The van der Waals surface area contributed by atoms with Crippen LogP contribution >= 0.6 is 15.9 Å². The molecule has 2 N–H and O–H groups in total. The highest BCUT2D eigenvalue weighted by Crippen LogP contribution is 2.22. The van der Waals surface area contributed by atoms with E-state index in [-0.39, 0.29) is 18.2 Å². The number of carbonyl (C=O) groups excluding carboxylic acids is 1. The summed E-state index contributed by atoms with van der Waals surface area (Å²) in [7, 11) is 0. The Hall–Kier alpha value is -0.940. The normalized spacial score (nSPS) is 12.2. The van der Waals surface area contributed by atoms with Gasteiger partial charge in [-0.25, -0.2) is 4.39 Å². The highest BCUT2D eigenvalue weighted by molar-refractivity contribution is 9.10. The van der Waals surface area contributed by atoms with E-state index in [1.54, 1.807) is 19.1 Å². The van der Waals surface area contributed by atoms with Crippen molar-refractivity contribution in [2.45, 2.75) is 19.4 Å². The Morgan fingerprint density at radius 2 is 2.31 bits per heavy atom. The molecule has 1 atom stereocenters. The molecule has 0 aliphatic rings. The molecule has 16 heavy (non-hydrogen) atoms. The molecular weight excluding hydrogens is 277 g/mol. The van der Waals surface area contributed by atoms with Crippen molar-refractivity contribution < 1.29 is 13.9 Å². The predicted molar refractivity (Wildman–Crippen MR) is 62.3 cm³/mol. The Morgan fingerprint density at radius 1 is 1.62 bits per heavy atom. The quantitative estimate of drug-likeness (QED) is 0.867. The number of halogens is 2. The van der Waals surface area contributed by atoms with E-state index in [1.165, 1.54) is 6.07 Å². The van der Waals surface area contributed by atoms with E-state index >= 15 is 0 Å². The van der Waals surface area contributed by atoms with Gasteiger partial charge in [-0.3, -0.25) is 4.79 Å². The minimum absolute atomic E-state index is 0.0892. The molecule has 0 heterocycles. The Morgan fingerprint density at radius 3 is 2.88 bits per heavy atom. The van der Waals surface area contributed by atoms with Crippen LogP contribution in [0.3, 0.4) is 0 Å². The summed E-state index contributed by atoms with van der Waals surface area (Å²) in [5, 5.41) is 0. The topological polar surface area (TPSA) is 52.3 Å². The molecule has 1 aromatic rings. The number of ether oxygens (including phenoxy) is 1. The third-order valence-corrected chi connectivity index (χ3v) is 2.67. The van der Waals surface area contributed by atoms with E-state index in [1.807, 2.05) is 0 Å². The summed E-state index contributed by atoms with van der Waals surface area (Å²) < 4.78 is 18.1. The standard InChI is InChI=1S/C11H13BrFNO2/c1-2-16-11(15)6-10(14)7-3-4-9(13)8(12)5-7/h3-5,10H,2,6,14H2,1H3/t10-/m0/s1. The van der Waals surface area contributed by atoms with Gasteiger partial charge in [0.15, 0.2) is 0 Å². The van der Waals surface area contributed by atoms with Crippen molar-refractivity contribution in [3.63, 3.8) is 0 Å².